The second-order valence-corrected chi connectivity index (χ2v) is 6.82. The van der Waals surface area contributed by atoms with Crippen LogP contribution in [-0.4, -0.2) is 43.6 Å². The summed E-state index contributed by atoms with van der Waals surface area (Å²) in [6.45, 7) is 1.84. The smallest absolute Gasteiger partial charge is 0.215 e. The van der Waals surface area contributed by atoms with Crippen LogP contribution in [0.1, 0.15) is 6.42 Å². The average molecular weight is 377 g/mol. The molecule has 0 unspecified atom stereocenters. The lowest BCUT2D eigenvalue weighted by atomic mass is 10.3. The number of H-pyrrole nitrogens is 1. The van der Waals surface area contributed by atoms with Crippen LogP contribution in [0.25, 0.3) is 16.9 Å². The SMILES string of the molecule is C[n+]1cc(-c2cnc3c(Nc4ccnc(O[C@H]5CCNC5)c4)nccn23)c[nH]1. The highest BCUT2D eigenvalue weighted by molar-refractivity contribution is 5.73. The third kappa shape index (κ3) is 3.16. The molecule has 28 heavy (non-hydrogen) atoms. The molecule has 9 nitrogen and oxygen atoms in total. The Bertz CT molecular complexity index is 1110. The van der Waals surface area contributed by atoms with Crippen molar-refractivity contribution in [2.45, 2.75) is 12.5 Å². The Kier molecular flexibility index (Phi) is 4.13. The highest BCUT2D eigenvalue weighted by Crippen LogP contribution is 2.25. The van der Waals surface area contributed by atoms with Crippen molar-refractivity contribution in [2.24, 2.45) is 7.05 Å². The molecule has 0 aromatic carbocycles. The Morgan fingerprint density at radius 2 is 2.25 bits per heavy atom. The zero-order valence-electron chi connectivity index (χ0n) is 15.5. The Morgan fingerprint density at radius 1 is 1.29 bits per heavy atom. The van der Waals surface area contributed by atoms with Gasteiger partial charge in [-0.25, -0.2) is 15.0 Å². The monoisotopic (exact) mass is 377 g/mol. The normalized spacial score (nSPS) is 16.5. The van der Waals surface area contributed by atoms with Crippen molar-refractivity contribution in [3.63, 3.8) is 0 Å². The quantitative estimate of drug-likeness (QED) is 0.456. The molecule has 9 heteroatoms. The molecule has 0 amide bonds. The Hall–Kier alpha value is -3.46. The van der Waals surface area contributed by atoms with E-state index < -0.39 is 0 Å². The van der Waals surface area contributed by atoms with E-state index in [1.165, 1.54) is 0 Å². The first-order valence-corrected chi connectivity index (χ1v) is 9.23. The van der Waals surface area contributed by atoms with E-state index in [1.54, 1.807) is 12.4 Å². The van der Waals surface area contributed by atoms with Crippen molar-refractivity contribution in [3.8, 4) is 17.1 Å². The van der Waals surface area contributed by atoms with Gasteiger partial charge in [0, 0.05) is 36.9 Å². The topological polar surface area (TPSA) is 96.0 Å². The van der Waals surface area contributed by atoms with Gasteiger partial charge in [0.25, 0.3) is 0 Å². The van der Waals surface area contributed by atoms with Crippen LogP contribution in [-0.2, 0) is 7.05 Å². The molecule has 4 aromatic rings. The van der Waals surface area contributed by atoms with E-state index in [1.807, 2.05) is 53.1 Å². The van der Waals surface area contributed by atoms with Gasteiger partial charge in [-0.15, -0.1) is 4.68 Å². The summed E-state index contributed by atoms with van der Waals surface area (Å²) in [5.41, 5.74) is 3.65. The fourth-order valence-electron chi connectivity index (χ4n) is 3.40. The van der Waals surface area contributed by atoms with Crippen molar-refractivity contribution in [2.75, 3.05) is 18.4 Å². The third-order valence-electron chi connectivity index (χ3n) is 4.78. The van der Waals surface area contributed by atoms with Crippen LogP contribution in [0, 0.1) is 0 Å². The van der Waals surface area contributed by atoms with E-state index in [-0.39, 0.29) is 6.10 Å². The Labute approximate surface area is 161 Å². The molecule has 1 saturated heterocycles. The number of imidazole rings is 1. The standard InChI is InChI=1S/C19H20N8O/c1-26-12-13(9-24-26)16-11-23-19-18(22-6-7-27(16)19)25-14-2-5-21-17(8-14)28-15-3-4-20-10-15/h2,5-9,11-12,15,20H,3-4,10H2,1H3,(H,21,22,25)/p+1/t15-/m0/s1. The lowest BCUT2D eigenvalue weighted by molar-refractivity contribution is -0.726. The Morgan fingerprint density at radius 3 is 3.07 bits per heavy atom. The first kappa shape index (κ1) is 16.7. The van der Waals surface area contributed by atoms with Crippen LogP contribution in [0.15, 0.2) is 49.3 Å². The molecule has 5 heterocycles. The maximum atomic E-state index is 5.94. The molecule has 1 atom stereocenters. The number of pyridine rings is 1. The summed E-state index contributed by atoms with van der Waals surface area (Å²) in [7, 11) is 1.95. The summed E-state index contributed by atoms with van der Waals surface area (Å²) < 4.78 is 9.86. The summed E-state index contributed by atoms with van der Waals surface area (Å²) in [5.74, 6) is 1.28. The van der Waals surface area contributed by atoms with Crippen LogP contribution in [0.5, 0.6) is 5.88 Å². The summed E-state index contributed by atoms with van der Waals surface area (Å²) >= 11 is 0. The molecule has 1 fully saturated rings. The molecule has 0 aliphatic carbocycles. The number of nitrogens with one attached hydrogen (secondary N) is 3. The van der Waals surface area contributed by atoms with Crippen molar-refractivity contribution in [3.05, 3.63) is 49.3 Å². The molecule has 5 rings (SSSR count). The summed E-state index contributed by atoms with van der Waals surface area (Å²) in [6, 6.07) is 3.78. The fourth-order valence-corrected chi connectivity index (χ4v) is 3.40. The molecule has 142 valence electrons. The Balaban J connectivity index is 1.43. The van der Waals surface area contributed by atoms with Gasteiger partial charge in [-0.3, -0.25) is 4.40 Å². The highest BCUT2D eigenvalue weighted by Gasteiger charge is 2.17. The van der Waals surface area contributed by atoms with E-state index in [2.05, 4.69) is 30.7 Å². The van der Waals surface area contributed by atoms with Crippen LogP contribution in [0.2, 0.25) is 0 Å². The fraction of sp³-hybridized carbons (Fsp3) is 0.263. The van der Waals surface area contributed by atoms with E-state index >= 15 is 0 Å². The van der Waals surface area contributed by atoms with Crippen LogP contribution >= 0.6 is 0 Å². The minimum atomic E-state index is 0.168. The lowest BCUT2D eigenvalue weighted by Crippen LogP contribution is -2.27. The number of hydrogen-bond acceptors (Lipinski definition) is 6. The van der Waals surface area contributed by atoms with Gasteiger partial charge in [0.2, 0.25) is 12.1 Å². The van der Waals surface area contributed by atoms with Crippen LogP contribution in [0.4, 0.5) is 11.5 Å². The maximum absolute atomic E-state index is 5.94. The van der Waals surface area contributed by atoms with Gasteiger partial charge < -0.3 is 15.4 Å². The molecule has 0 bridgehead atoms. The second kappa shape index (κ2) is 6.93. The van der Waals surface area contributed by atoms with E-state index in [0.717, 1.165) is 42.1 Å². The number of rotatable bonds is 5. The molecule has 0 spiro atoms. The highest BCUT2D eigenvalue weighted by atomic mass is 16.5. The number of aromatic amines is 1. The molecule has 1 aliphatic heterocycles. The van der Waals surface area contributed by atoms with Gasteiger partial charge in [0.15, 0.2) is 18.5 Å². The minimum absolute atomic E-state index is 0.168. The van der Waals surface area contributed by atoms with Crippen molar-refractivity contribution in [1.82, 2.24) is 29.8 Å². The largest absolute Gasteiger partial charge is 0.473 e. The number of fused-ring (bicyclic) bond motifs is 1. The molecular formula is C19H21N8O+. The van der Waals surface area contributed by atoms with Crippen LogP contribution < -0.4 is 20.1 Å². The van der Waals surface area contributed by atoms with Gasteiger partial charge in [-0.1, -0.05) is 0 Å². The number of ether oxygens (including phenoxy) is 1. The van der Waals surface area contributed by atoms with E-state index in [4.69, 9.17) is 4.74 Å². The zero-order valence-corrected chi connectivity index (χ0v) is 15.5. The lowest BCUT2D eigenvalue weighted by Gasteiger charge is -2.13. The average Bonchev–Trinajstić information content (AvgIpc) is 3.43. The molecule has 1 aliphatic rings. The van der Waals surface area contributed by atoms with Crippen molar-refractivity contribution >= 4 is 17.2 Å². The molecule has 0 radical (unpaired) electrons. The number of hydrogen-bond donors (Lipinski definition) is 3. The van der Waals surface area contributed by atoms with Gasteiger partial charge in [-0.2, -0.15) is 5.10 Å². The van der Waals surface area contributed by atoms with Gasteiger partial charge in [-0.05, 0) is 19.0 Å². The molecule has 0 saturated carbocycles. The number of aromatic nitrogens is 6. The van der Waals surface area contributed by atoms with E-state index in [0.29, 0.717) is 11.7 Å². The first-order chi connectivity index (χ1) is 13.8. The summed E-state index contributed by atoms with van der Waals surface area (Å²) in [4.78, 5) is 13.4. The zero-order chi connectivity index (χ0) is 18.9. The number of anilines is 2. The van der Waals surface area contributed by atoms with Gasteiger partial charge in [0.1, 0.15) is 6.10 Å². The van der Waals surface area contributed by atoms with Gasteiger partial charge in [0.05, 0.1) is 23.7 Å². The second-order valence-electron chi connectivity index (χ2n) is 6.82. The summed E-state index contributed by atoms with van der Waals surface area (Å²) in [6.07, 6.45) is 12.4. The van der Waals surface area contributed by atoms with Crippen molar-refractivity contribution < 1.29 is 9.42 Å². The minimum Gasteiger partial charge on any atom is -0.473 e. The van der Waals surface area contributed by atoms with Crippen molar-refractivity contribution in [1.29, 1.82) is 0 Å². The van der Waals surface area contributed by atoms with E-state index in [9.17, 15) is 0 Å². The molecular weight excluding hydrogens is 356 g/mol. The summed E-state index contributed by atoms with van der Waals surface area (Å²) in [5, 5.41) is 9.76. The van der Waals surface area contributed by atoms with Gasteiger partial charge >= 0.3 is 0 Å². The third-order valence-corrected chi connectivity index (χ3v) is 4.78. The predicted molar refractivity (Wildman–Crippen MR) is 103 cm³/mol. The molecule has 3 N–H and O–H groups in total. The first-order valence-electron chi connectivity index (χ1n) is 9.23. The maximum Gasteiger partial charge on any atom is 0.215 e. The number of nitrogens with zero attached hydrogens (tertiary/aromatic N) is 5. The molecule has 4 aromatic heterocycles. The predicted octanol–water partition coefficient (Wildman–Crippen LogP) is 1.43. The van der Waals surface area contributed by atoms with Crippen LogP contribution in [0.3, 0.4) is 0 Å². The number of aryl methyl sites for hydroxylation is 1.